The molecule has 0 atom stereocenters. The molecule has 2 aromatic carbocycles. The number of morpholine rings is 1. The lowest BCUT2D eigenvalue weighted by Gasteiger charge is -2.27. The molecule has 0 saturated carbocycles. The van der Waals surface area contributed by atoms with Crippen LogP contribution in [0.3, 0.4) is 0 Å². The van der Waals surface area contributed by atoms with Crippen LogP contribution < -0.4 is 9.80 Å². The Balaban J connectivity index is 1.66. The lowest BCUT2D eigenvalue weighted by molar-refractivity contribution is -0.906. The Morgan fingerprint density at radius 2 is 1.83 bits per heavy atom. The van der Waals surface area contributed by atoms with Gasteiger partial charge in [-0.05, 0) is 50.1 Å². The highest BCUT2D eigenvalue weighted by molar-refractivity contribution is 7.22. The van der Waals surface area contributed by atoms with E-state index in [1.807, 2.05) is 36.1 Å². The maximum atomic E-state index is 13.4. The van der Waals surface area contributed by atoms with Crippen LogP contribution in [-0.4, -0.2) is 50.3 Å². The Kier molecular flexibility index (Phi) is 5.94. The minimum absolute atomic E-state index is 0.0195. The molecule has 1 N–H and O–H groups in total. The Bertz CT molecular complexity index is 1010. The summed E-state index contributed by atoms with van der Waals surface area (Å²) in [6, 6.07) is 12.0. The van der Waals surface area contributed by atoms with E-state index in [4.69, 9.17) is 9.72 Å². The quantitative estimate of drug-likeness (QED) is 0.704. The van der Waals surface area contributed by atoms with Gasteiger partial charge >= 0.3 is 0 Å². The zero-order chi connectivity index (χ0) is 20.4. The minimum atomic E-state index is 0.0195. The number of aromatic nitrogens is 1. The van der Waals surface area contributed by atoms with Crippen molar-refractivity contribution in [3.8, 4) is 0 Å². The molecule has 1 fully saturated rings. The van der Waals surface area contributed by atoms with Crippen LogP contribution in [0.25, 0.3) is 10.2 Å². The Hall–Kier alpha value is -2.28. The molecule has 3 aromatic rings. The second-order valence-corrected chi connectivity index (χ2v) is 8.79. The van der Waals surface area contributed by atoms with Crippen LogP contribution in [-0.2, 0) is 4.74 Å². The average molecular weight is 411 g/mol. The first kappa shape index (κ1) is 20.0. The number of thiazole rings is 1. The van der Waals surface area contributed by atoms with Gasteiger partial charge in [-0.1, -0.05) is 35.1 Å². The third kappa shape index (κ3) is 4.34. The summed E-state index contributed by atoms with van der Waals surface area (Å²) in [5.74, 6) is 0.0195. The number of amides is 1. The largest absolute Gasteiger partial charge is 0.370 e. The number of hydrogen-bond acceptors (Lipinski definition) is 4. The summed E-state index contributed by atoms with van der Waals surface area (Å²) in [6.45, 7) is 11.4. The molecule has 1 saturated heterocycles. The number of nitrogens with zero attached hydrogens (tertiary/aromatic N) is 2. The first-order valence-electron chi connectivity index (χ1n) is 10.2. The molecule has 4 rings (SSSR count). The van der Waals surface area contributed by atoms with Gasteiger partial charge in [0.25, 0.3) is 5.91 Å². The van der Waals surface area contributed by atoms with E-state index in [2.05, 4.69) is 26.0 Å². The average Bonchev–Trinajstić information content (AvgIpc) is 3.17. The van der Waals surface area contributed by atoms with Crippen molar-refractivity contribution in [2.45, 2.75) is 20.8 Å². The molecule has 1 aromatic heterocycles. The molecule has 152 valence electrons. The number of quaternary nitrogens is 1. The van der Waals surface area contributed by atoms with E-state index in [1.165, 1.54) is 16.0 Å². The van der Waals surface area contributed by atoms with Crippen molar-refractivity contribution in [3.63, 3.8) is 0 Å². The number of nitrogens with one attached hydrogen (secondary N) is 1. The number of hydrogen-bond donors (Lipinski definition) is 1. The molecular formula is C23H28N3O2S+. The van der Waals surface area contributed by atoms with Crippen LogP contribution in [0.2, 0.25) is 0 Å². The van der Waals surface area contributed by atoms with Crippen molar-refractivity contribution in [1.29, 1.82) is 0 Å². The van der Waals surface area contributed by atoms with E-state index in [0.717, 1.165) is 53.8 Å². The summed E-state index contributed by atoms with van der Waals surface area (Å²) in [5.41, 5.74) is 5.28. The maximum absolute atomic E-state index is 13.4. The normalized spacial score (nSPS) is 15.0. The maximum Gasteiger partial charge on any atom is 0.260 e. The van der Waals surface area contributed by atoms with Gasteiger partial charge in [-0.2, -0.15) is 0 Å². The van der Waals surface area contributed by atoms with Crippen molar-refractivity contribution in [2.24, 2.45) is 0 Å². The number of aryl methyl sites for hydroxylation is 3. The predicted molar refractivity (Wildman–Crippen MR) is 118 cm³/mol. The van der Waals surface area contributed by atoms with Gasteiger partial charge in [-0.25, -0.2) is 4.98 Å². The Labute approximate surface area is 175 Å². The lowest BCUT2D eigenvalue weighted by Crippen LogP contribution is -3.14. The van der Waals surface area contributed by atoms with E-state index in [-0.39, 0.29) is 5.91 Å². The van der Waals surface area contributed by atoms with Crippen LogP contribution in [0.5, 0.6) is 0 Å². The molecule has 29 heavy (non-hydrogen) atoms. The summed E-state index contributed by atoms with van der Waals surface area (Å²) in [7, 11) is 0. The van der Waals surface area contributed by atoms with E-state index in [0.29, 0.717) is 12.1 Å². The monoisotopic (exact) mass is 410 g/mol. The fourth-order valence-electron chi connectivity index (χ4n) is 3.65. The van der Waals surface area contributed by atoms with Gasteiger partial charge < -0.3 is 9.64 Å². The zero-order valence-corrected chi connectivity index (χ0v) is 18.1. The number of ether oxygens (including phenoxy) is 1. The van der Waals surface area contributed by atoms with E-state index >= 15 is 0 Å². The van der Waals surface area contributed by atoms with Crippen LogP contribution in [0.15, 0.2) is 36.4 Å². The van der Waals surface area contributed by atoms with Gasteiger partial charge in [0, 0.05) is 5.56 Å². The van der Waals surface area contributed by atoms with Crippen LogP contribution in [0.1, 0.15) is 27.0 Å². The highest BCUT2D eigenvalue weighted by Crippen LogP contribution is 2.32. The third-order valence-electron chi connectivity index (χ3n) is 5.74. The van der Waals surface area contributed by atoms with Crippen molar-refractivity contribution in [1.82, 2.24) is 4.98 Å². The standard InChI is InChI=1S/C23H27N3O2S/c1-16-4-7-19(8-5-16)22(27)26(11-10-25-12-14-28-15-13-25)23-24-21-18(3)17(2)6-9-20(21)29-23/h4-9H,10-15H2,1-3H3/p+1. The van der Waals surface area contributed by atoms with Crippen molar-refractivity contribution in [3.05, 3.63) is 58.7 Å². The molecule has 5 nitrogen and oxygen atoms in total. The Morgan fingerprint density at radius 1 is 1.10 bits per heavy atom. The molecule has 6 heteroatoms. The summed E-state index contributed by atoms with van der Waals surface area (Å²) < 4.78 is 6.60. The van der Waals surface area contributed by atoms with Gasteiger partial charge in [0.05, 0.1) is 36.5 Å². The zero-order valence-electron chi connectivity index (χ0n) is 17.3. The predicted octanol–water partition coefficient (Wildman–Crippen LogP) is 2.78. The second-order valence-electron chi connectivity index (χ2n) is 7.79. The fraction of sp³-hybridized carbons (Fsp3) is 0.391. The topological polar surface area (TPSA) is 46.9 Å². The van der Waals surface area contributed by atoms with Gasteiger partial charge in [0.1, 0.15) is 13.1 Å². The van der Waals surface area contributed by atoms with Gasteiger partial charge in [-0.15, -0.1) is 0 Å². The molecule has 0 spiro atoms. The highest BCUT2D eigenvalue weighted by atomic mass is 32.1. The summed E-state index contributed by atoms with van der Waals surface area (Å²) in [6.07, 6.45) is 0. The number of carbonyl (C=O) groups is 1. The van der Waals surface area contributed by atoms with E-state index < -0.39 is 0 Å². The number of benzene rings is 2. The second kappa shape index (κ2) is 8.61. The molecular weight excluding hydrogens is 382 g/mol. The van der Waals surface area contributed by atoms with E-state index in [9.17, 15) is 4.79 Å². The van der Waals surface area contributed by atoms with Gasteiger partial charge in [-0.3, -0.25) is 9.69 Å². The highest BCUT2D eigenvalue weighted by Gasteiger charge is 2.24. The molecule has 2 heterocycles. The van der Waals surface area contributed by atoms with Crippen LogP contribution in [0.4, 0.5) is 5.13 Å². The summed E-state index contributed by atoms with van der Waals surface area (Å²) in [4.78, 5) is 21.7. The number of fused-ring (bicyclic) bond motifs is 1. The molecule has 0 unspecified atom stereocenters. The van der Waals surface area contributed by atoms with E-state index in [1.54, 1.807) is 11.3 Å². The van der Waals surface area contributed by atoms with Crippen LogP contribution in [0, 0.1) is 20.8 Å². The van der Waals surface area contributed by atoms with Gasteiger partial charge in [0.2, 0.25) is 0 Å². The SMILES string of the molecule is Cc1ccc(C(=O)N(CC[NH+]2CCOCC2)c2nc3c(C)c(C)ccc3s2)cc1. The van der Waals surface area contributed by atoms with Gasteiger partial charge in [0.15, 0.2) is 5.13 Å². The number of carbonyl (C=O) groups excluding carboxylic acids is 1. The van der Waals surface area contributed by atoms with Crippen molar-refractivity contribution >= 4 is 32.6 Å². The smallest absolute Gasteiger partial charge is 0.260 e. The third-order valence-corrected chi connectivity index (χ3v) is 6.78. The summed E-state index contributed by atoms with van der Waals surface area (Å²) in [5, 5.41) is 0.784. The lowest BCUT2D eigenvalue weighted by atomic mass is 10.1. The van der Waals surface area contributed by atoms with Crippen molar-refractivity contribution < 1.29 is 14.4 Å². The summed E-state index contributed by atoms with van der Waals surface area (Å²) >= 11 is 1.60. The number of anilines is 1. The fourth-order valence-corrected chi connectivity index (χ4v) is 4.70. The Morgan fingerprint density at radius 3 is 2.55 bits per heavy atom. The van der Waals surface area contributed by atoms with Crippen molar-refractivity contribution in [2.75, 3.05) is 44.3 Å². The number of rotatable bonds is 5. The molecule has 1 aliphatic rings. The first-order chi connectivity index (χ1) is 14.0. The molecule has 0 bridgehead atoms. The first-order valence-corrected chi connectivity index (χ1v) is 11.0. The molecule has 0 aliphatic carbocycles. The molecule has 0 radical (unpaired) electrons. The minimum Gasteiger partial charge on any atom is -0.370 e. The van der Waals surface area contributed by atoms with Crippen LogP contribution >= 0.6 is 11.3 Å². The molecule has 1 aliphatic heterocycles. The molecule has 1 amide bonds.